The monoisotopic (exact) mass is 290 g/mol. The Morgan fingerprint density at radius 2 is 2.05 bits per heavy atom. The lowest BCUT2D eigenvalue weighted by atomic mass is 10.2. The summed E-state index contributed by atoms with van der Waals surface area (Å²) in [4.78, 5) is 24.6. The number of nitrogens with zero attached hydrogens (tertiary/aromatic N) is 1. The number of likely N-dealkylation sites (N-methyl/N-ethyl adjacent to an activating group) is 1. The SMILES string of the molecule is CCCCC(=O)NCC(=O)N(C)C1CCS(=O)(=O)C1. The molecule has 0 spiro atoms. The Morgan fingerprint density at radius 1 is 1.37 bits per heavy atom. The minimum Gasteiger partial charge on any atom is -0.347 e. The van der Waals surface area contributed by atoms with Crippen molar-refractivity contribution in [2.24, 2.45) is 0 Å². The third-order valence-electron chi connectivity index (χ3n) is 3.34. The van der Waals surface area contributed by atoms with Crippen LogP contribution in [0.4, 0.5) is 0 Å². The zero-order chi connectivity index (χ0) is 14.5. The molecule has 7 heteroatoms. The molecular weight excluding hydrogens is 268 g/mol. The number of hydrogen-bond donors (Lipinski definition) is 1. The first kappa shape index (κ1) is 15.9. The predicted octanol–water partition coefficient (Wildman–Crippen LogP) is -0.0617. The maximum Gasteiger partial charge on any atom is 0.241 e. The molecule has 1 atom stereocenters. The number of nitrogens with one attached hydrogen (secondary N) is 1. The molecule has 19 heavy (non-hydrogen) atoms. The van der Waals surface area contributed by atoms with Crippen molar-refractivity contribution in [2.45, 2.75) is 38.6 Å². The van der Waals surface area contributed by atoms with Crippen molar-refractivity contribution in [3.63, 3.8) is 0 Å². The molecule has 0 aliphatic carbocycles. The van der Waals surface area contributed by atoms with Crippen molar-refractivity contribution in [3.8, 4) is 0 Å². The van der Waals surface area contributed by atoms with Gasteiger partial charge in [-0.3, -0.25) is 9.59 Å². The molecular formula is C12H22N2O4S. The molecule has 6 nitrogen and oxygen atoms in total. The molecule has 110 valence electrons. The lowest BCUT2D eigenvalue weighted by Gasteiger charge is -2.23. The topological polar surface area (TPSA) is 83.6 Å². The second kappa shape index (κ2) is 6.88. The number of hydrogen-bond acceptors (Lipinski definition) is 4. The Kier molecular flexibility index (Phi) is 5.78. The van der Waals surface area contributed by atoms with Crippen LogP contribution in [0.2, 0.25) is 0 Å². The van der Waals surface area contributed by atoms with Crippen molar-refractivity contribution in [1.29, 1.82) is 0 Å². The van der Waals surface area contributed by atoms with Gasteiger partial charge in [0.15, 0.2) is 9.84 Å². The molecule has 1 rings (SSSR count). The van der Waals surface area contributed by atoms with E-state index in [1.807, 2.05) is 6.92 Å². The van der Waals surface area contributed by atoms with Gasteiger partial charge in [0.2, 0.25) is 11.8 Å². The quantitative estimate of drug-likeness (QED) is 0.743. The van der Waals surface area contributed by atoms with Crippen LogP contribution in [-0.4, -0.2) is 56.3 Å². The van der Waals surface area contributed by atoms with Crippen LogP contribution in [0, 0.1) is 0 Å². The van der Waals surface area contributed by atoms with Gasteiger partial charge >= 0.3 is 0 Å². The van der Waals surface area contributed by atoms with Gasteiger partial charge < -0.3 is 10.2 Å². The molecule has 0 bridgehead atoms. The second-order valence-corrected chi connectivity index (χ2v) is 7.17. The van der Waals surface area contributed by atoms with E-state index in [1.54, 1.807) is 7.05 Å². The predicted molar refractivity (Wildman–Crippen MR) is 72.4 cm³/mol. The summed E-state index contributed by atoms with van der Waals surface area (Å²) in [5, 5.41) is 2.56. The average Bonchev–Trinajstić information content (AvgIpc) is 2.72. The van der Waals surface area contributed by atoms with E-state index in [4.69, 9.17) is 0 Å². The zero-order valence-corrected chi connectivity index (χ0v) is 12.3. The van der Waals surface area contributed by atoms with E-state index in [0.29, 0.717) is 12.8 Å². The van der Waals surface area contributed by atoms with Gasteiger partial charge in [0, 0.05) is 19.5 Å². The first-order valence-corrected chi connectivity index (χ1v) is 8.40. The van der Waals surface area contributed by atoms with Crippen LogP contribution in [-0.2, 0) is 19.4 Å². The van der Waals surface area contributed by atoms with Gasteiger partial charge in [-0.25, -0.2) is 8.42 Å². The van der Waals surface area contributed by atoms with Gasteiger partial charge in [-0.1, -0.05) is 13.3 Å². The van der Waals surface area contributed by atoms with E-state index >= 15 is 0 Å². The standard InChI is InChI=1S/C12H22N2O4S/c1-3-4-5-11(15)13-8-12(16)14(2)10-6-7-19(17,18)9-10/h10H,3-9H2,1-2H3,(H,13,15). The number of sulfone groups is 1. The smallest absolute Gasteiger partial charge is 0.241 e. The normalized spacial score (nSPS) is 21.1. The van der Waals surface area contributed by atoms with E-state index in [2.05, 4.69) is 5.32 Å². The third-order valence-corrected chi connectivity index (χ3v) is 5.09. The lowest BCUT2D eigenvalue weighted by molar-refractivity contribution is -0.133. The van der Waals surface area contributed by atoms with Gasteiger partial charge in [0.25, 0.3) is 0 Å². The zero-order valence-electron chi connectivity index (χ0n) is 11.5. The molecule has 0 radical (unpaired) electrons. The fourth-order valence-corrected chi connectivity index (χ4v) is 3.78. The summed E-state index contributed by atoms with van der Waals surface area (Å²) in [7, 11) is -1.41. The summed E-state index contributed by atoms with van der Waals surface area (Å²) >= 11 is 0. The molecule has 2 amide bonds. The fraction of sp³-hybridized carbons (Fsp3) is 0.833. The van der Waals surface area contributed by atoms with Crippen molar-refractivity contribution < 1.29 is 18.0 Å². The summed E-state index contributed by atoms with van der Waals surface area (Å²) in [5.74, 6) is -0.216. The Morgan fingerprint density at radius 3 is 2.58 bits per heavy atom. The maximum atomic E-state index is 11.8. The first-order valence-electron chi connectivity index (χ1n) is 6.58. The molecule has 0 aromatic heterocycles. The largest absolute Gasteiger partial charge is 0.347 e. The van der Waals surface area contributed by atoms with Crippen LogP contribution in [0.15, 0.2) is 0 Å². The minimum absolute atomic E-state index is 0.0268. The average molecular weight is 290 g/mol. The van der Waals surface area contributed by atoms with Crippen LogP contribution < -0.4 is 5.32 Å². The lowest BCUT2D eigenvalue weighted by Crippen LogP contribution is -2.43. The third kappa shape index (κ3) is 5.18. The number of carbonyl (C=O) groups is 2. The molecule has 1 saturated heterocycles. The van der Waals surface area contributed by atoms with Crippen molar-refractivity contribution in [1.82, 2.24) is 10.2 Å². The minimum atomic E-state index is -3.00. The summed E-state index contributed by atoms with van der Waals surface area (Å²) in [6.45, 7) is 1.93. The summed E-state index contributed by atoms with van der Waals surface area (Å²) in [5.41, 5.74) is 0. The maximum absolute atomic E-state index is 11.8. The Labute approximate surface area is 114 Å². The van der Waals surface area contributed by atoms with E-state index in [-0.39, 0.29) is 35.9 Å². The van der Waals surface area contributed by atoms with Crippen LogP contribution >= 0.6 is 0 Å². The molecule has 1 unspecified atom stereocenters. The summed E-state index contributed by atoms with van der Waals surface area (Å²) in [6, 6.07) is -0.259. The van der Waals surface area contributed by atoms with E-state index < -0.39 is 9.84 Å². The molecule has 1 aliphatic heterocycles. The van der Waals surface area contributed by atoms with E-state index in [9.17, 15) is 18.0 Å². The number of carbonyl (C=O) groups excluding carboxylic acids is 2. The molecule has 0 saturated carbocycles. The number of unbranched alkanes of at least 4 members (excludes halogenated alkanes) is 1. The highest BCUT2D eigenvalue weighted by Gasteiger charge is 2.32. The molecule has 1 heterocycles. The Hall–Kier alpha value is -1.11. The Balaban J connectivity index is 2.35. The van der Waals surface area contributed by atoms with Gasteiger partial charge in [-0.15, -0.1) is 0 Å². The van der Waals surface area contributed by atoms with E-state index in [0.717, 1.165) is 12.8 Å². The van der Waals surface area contributed by atoms with Crippen molar-refractivity contribution in [3.05, 3.63) is 0 Å². The van der Waals surface area contributed by atoms with E-state index in [1.165, 1.54) is 4.90 Å². The molecule has 1 aliphatic rings. The van der Waals surface area contributed by atoms with Crippen molar-refractivity contribution in [2.75, 3.05) is 25.1 Å². The summed E-state index contributed by atoms with van der Waals surface area (Å²) in [6.07, 6.45) is 2.64. The fourth-order valence-electron chi connectivity index (χ4n) is 2.01. The van der Waals surface area contributed by atoms with Gasteiger partial charge in [-0.2, -0.15) is 0 Å². The van der Waals surface area contributed by atoms with Crippen LogP contribution in [0.25, 0.3) is 0 Å². The highest BCUT2D eigenvalue weighted by molar-refractivity contribution is 7.91. The summed E-state index contributed by atoms with van der Waals surface area (Å²) < 4.78 is 22.7. The Bertz CT molecular complexity index is 433. The molecule has 1 fully saturated rings. The number of amides is 2. The van der Waals surface area contributed by atoms with Gasteiger partial charge in [0.1, 0.15) is 0 Å². The highest BCUT2D eigenvalue weighted by atomic mass is 32.2. The van der Waals surface area contributed by atoms with Gasteiger partial charge in [-0.05, 0) is 12.8 Å². The van der Waals surface area contributed by atoms with Crippen LogP contribution in [0.5, 0.6) is 0 Å². The first-order chi connectivity index (χ1) is 8.85. The molecule has 0 aromatic carbocycles. The molecule has 0 aromatic rings. The highest BCUT2D eigenvalue weighted by Crippen LogP contribution is 2.16. The molecule has 1 N–H and O–H groups in total. The van der Waals surface area contributed by atoms with Crippen LogP contribution in [0.1, 0.15) is 32.6 Å². The number of rotatable bonds is 6. The van der Waals surface area contributed by atoms with Crippen molar-refractivity contribution >= 4 is 21.7 Å². The van der Waals surface area contributed by atoms with Crippen LogP contribution in [0.3, 0.4) is 0 Å². The van der Waals surface area contributed by atoms with Gasteiger partial charge in [0.05, 0.1) is 18.1 Å². The second-order valence-electron chi connectivity index (χ2n) is 4.94.